The molecule has 7 nitrogen and oxygen atoms in total. The van der Waals surface area contributed by atoms with E-state index >= 15 is 0 Å². The van der Waals surface area contributed by atoms with Crippen LogP contribution in [0.5, 0.6) is 0 Å². The average molecular weight is 598 g/mol. The van der Waals surface area contributed by atoms with Gasteiger partial charge in [0, 0.05) is 29.8 Å². The fourth-order valence-corrected chi connectivity index (χ4v) is 5.25. The Kier molecular flexibility index (Phi) is 8.63. The van der Waals surface area contributed by atoms with E-state index in [0.717, 1.165) is 92.8 Å². The van der Waals surface area contributed by atoms with Crippen molar-refractivity contribution in [2.75, 3.05) is 0 Å². The van der Waals surface area contributed by atoms with Crippen molar-refractivity contribution < 1.29 is 0 Å². The molecule has 222 valence electrons. The summed E-state index contributed by atoms with van der Waals surface area (Å²) >= 11 is 0. The number of rotatable bonds is 7. The third kappa shape index (κ3) is 7.05. The molecule has 0 unspecified atom stereocenters. The Balaban J connectivity index is 0.000000147. The smallest absolute Gasteiger partial charge is 0.0890 e. The summed E-state index contributed by atoms with van der Waals surface area (Å²) < 4.78 is 0. The number of nitrogens with zero attached hydrogens (tertiary/aromatic N) is 7. The van der Waals surface area contributed by atoms with Gasteiger partial charge >= 0.3 is 0 Å². The molecule has 8 rings (SSSR count). The molecule has 0 amide bonds. The molecule has 0 saturated heterocycles. The van der Waals surface area contributed by atoms with E-state index in [-0.39, 0.29) is 0 Å². The third-order valence-electron chi connectivity index (χ3n) is 7.65. The van der Waals surface area contributed by atoms with Crippen molar-refractivity contribution in [3.05, 3.63) is 163 Å². The average Bonchev–Trinajstić information content (AvgIpc) is 3.13. The molecule has 7 heteroatoms. The molecule has 0 bridgehead atoms. The van der Waals surface area contributed by atoms with Crippen molar-refractivity contribution in [2.45, 2.75) is 25.7 Å². The maximum atomic E-state index is 4.77. The van der Waals surface area contributed by atoms with E-state index < -0.39 is 0 Å². The molecule has 0 radical (unpaired) electrons. The van der Waals surface area contributed by atoms with Gasteiger partial charge in [-0.15, -0.1) is 0 Å². The largest absolute Gasteiger partial charge is 0.253 e. The molecule has 0 aliphatic rings. The quantitative estimate of drug-likeness (QED) is 0.185. The first kappa shape index (κ1) is 28.8. The maximum Gasteiger partial charge on any atom is 0.0890 e. The number of hydrogen-bond acceptors (Lipinski definition) is 7. The number of para-hydroxylation sites is 6. The fourth-order valence-electron chi connectivity index (χ4n) is 5.25. The molecule has 0 saturated carbocycles. The molecule has 4 aromatic heterocycles. The van der Waals surface area contributed by atoms with Crippen LogP contribution in [-0.4, -0.2) is 34.9 Å². The van der Waals surface area contributed by atoms with Crippen molar-refractivity contribution in [3.63, 3.8) is 0 Å². The highest BCUT2D eigenvalue weighted by Gasteiger charge is 2.05. The number of pyridine rings is 1. The van der Waals surface area contributed by atoms with Gasteiger partial charge in [-0.25, -0.2) is 15.0 Å². The monoisotopic (exact) mass is 597 g/mol. The van der Waals surface area contributed by atoms with Crippen LogP contribution in [0, 0.1) is 0 Å². The van der Waals surface area contributed by atoms with Gasteiger partial charge in [0.05, 0.1) is 55.9 Å². The van der Waals surface area contributed by atoms with Gasteiger partial charge < -0.3 is 0 Å². The molecule has 46 heavy (non-hydrogen) atoms. The normalized spacial score (nSPS) is 11.0. The summed E-state index contributed by atoms with van der Waals surface area (Å²) in [6, 6.07) is 40.2. The minimum atomic E-state index is 0.810. The predicted octanol–water partition coefficient (Wildman–Crippen LogP) is 7.84. The summed E-state index contributed by atoms with van der Waals surface area (Å²) in [6.07, 6.45) is 8.86. The van der Waals surface area contributed by atoms with Crippen molar-refractivity contribution in [3.8, 4) is 11.3 Å². The van der Waals surface area contributed by atoms with Crippen LogP contribution in [0.2, 0.25) is 0 Å². The Morgan fingerprint density at radius 3 is 1.15 bits per heavy atom. The van der Waals surface area contributed by atoms with Gasteiger partial charge in [-0.2, -0.15) is 0 Å². The summed E-state index contributed by atoms with van der Waals surface area (Å²) in [5.74, 6) is 0. The SMILES string of the molecule is c1ccc(-c2cccc(CCc3cnc4ccccc4n3)n2)cc1.c1ccc2nc(CCc3cnc4ccccc4n3)cnc2c1. The minimum Gasteiger partial charge on any atom is -0.253 e. The molecular weight excluding hydrogens is 566 g/mol. The van der Waals surface area contributed by atoms with Gasteiger partial charge in [0.15, 0.2) is 0 Å². The second kappa shape index (κ2) is 13.8. The standard InChI is InChI=1S/C21H17N3.C18H14N4/c1-2-7-16(8-3-1)19-12-6-9-17(23-19)13-14-18-15-22-20-10-4-5-11-21(20)24-18;1-3-7-17-15(5-1)19-11-13(21-17)9-10-14-12-20-16-6-2-4-8-18(16)22-14/h1-12,15H,13-14H2;1-8,11-12H,9-10H2. The highest BCUT2D eigenvalue weighted by atomic mass is 14.8. The van der Waals surface area contributed by atoms with E-state index in [2.05, 4.69) is 60.2 Å². The number of aryl methyl sites for hydroxylation is 4. The van der Waals surface area contributed by atoms with Crippen molar-refractivity contribution in [1.82, 2.24) is 34.9 Å². The fraction of sp³-hybridized carbons (Fsp3) is 0.103. The summed E-state index contributed by atoms with van der Waals surface area (Å²) in [5.41, 5.74) is 11.8. The van der Waals surface area contributed by atoms with E-state index in [4.69, 9.17) is 4.98 Å². The van der Waals surface area contributed by atoms with Crippen molar-refractivity contribution in [1.29, 1.82) is 0 Å². The Bertz CT molecular complexity index is 2160. The molecule has 4 aromatic carbocycles. The Labute approximate surface area is 267 Å². The van der Waals surface area contributed by atoms with E-state index in [1.54, 1.807) is 0 Å². The number of benzene rings is 4. The van der Waals surface area contributed by atoms with Crippen LogP contribution in [0.1, 0.15) is 22.8 Å². The molecule has 0 spiro atoms. The number of aromatic nitrogens is 7. The van der Waals surface area contributed by atoms with Gasteiger partial charge in [-0.1, -0.05) is 72.8 Å². The molecule has 0 fully saturated rings. The van der Waals surface area contributed by atoms with E-state index in [1.807, 2.05) is 110 Å². The minimum absolute atomic E-state index is 0.810. The van der Waals surface area contributed by atoms with Crippen molar-refractivity contribution >= 4 is 33.1 Å². The molecule has 0 atom stereocenters. The lowest BCUT2D eigenvalue weighted by Crippen LogP contribution is -1.99. The molecule has 8 aromatic rings. The lowest BCUT2D eigenvalue weighted by Gasteiger charge is -2.05. The molecule has 0 aliphatic carbocycles. The van der Waals surface area contributed by atoms with Crippen LogP contribution in [0.25, 0.3) is 44.4 Å². The summed E-state index contributed by atoms with van der Waals surface area (Å²) in [7, 11) is 0. The van der Waals surface area contributed by atoms with Crippen LogP contribution in [0.4, 0.5) is 0 Å². The Morgan fingerprint density at radius 2 is 0.696 bits per heavy atom. The summed E-state index contributed by atoms with van der Waals surface area (Å²) in [5, 5.41) is 0. The van der Waals surface area contributed by atoms with E-state index in [9.17, 15) is 0 Å². The molecular formula is C39H31N7. The van der Waals surface area contributed by atoms with Crippen LogP contribution in [0.15, 0.2) is 140 Å². The van der Waals surface area contributed by atoms with Crippen molar-refractivity contribution in [2.24, 2.45) is 0 Å². The van der Waals surface area contributed by atoms with Crippen LogP contribution in [0.3, 0.4) is 0 Å². The zero-order valence-electron chi connectivity index (χ0n) is 25.2. The summed E-state index contributed by atoms with van der Waals surface area (Å²) in [6.45, 7) is 0. The van der Waals surface area contributed by atoms with E-state index in [0.29, 0.717) is 0 Å². The van der Waals surface area contributed by atoms with Gasteiger partial charge in [0.1, 0.15) is 0 Å². The van der Waals surface area contributed by atoms with Crippen LogP contribution >= 0.6 is 0 Å². The molecule has 0 N–H and O–H groups in total. The zero-order chi connectivity index (χ0) is 31.0. The zero-order valence-corrected chi connectivity index (χ0v) is 25.2. The molecule has 0 aliphatic heterocycles. The number of fused-ring (bicyclic) bond motifs is 3. The lowest BCUT2D eigenvalue weighted by atomic mass is 10.1. The first-order chi connectivity index (χ1) is 22.8. The predicted molar refractivity (Wildman–Crippen MR) is 183 cm³/mol. The van der Waals surface area contributed by atoms with Gasteiger partial charge in [-0.3, -0.25) is 19.9 Å². The maximum absolute atomic E-state index is 4.77. The second-order valence-corrected chi connectivity index (χ2v) is 10.9. The van der Waals surface area contributed by atoms with Crippen LogP contribution < -0.4 is 0 Å². The topological polar surface area (TPSA) is 90.2 Å². The van der Waals surface area contributed by atoms with Crippen LogP contribution in [-0.2, 0) is 25.7 Å². The lowest BCUT2D eigenvalue weighted by molar-refractivity contribution is 0.878. The first-order valence-corrected chi connectivity index (χ1v) is 15.4. The Morgan fingerprint density at radius 1 is 0.304 bits per heavy atom. The highest BCUT2D eigenvalue weighted by Crippen LogP contribution is 2.18. The summed E-state index contributed by atoms with van der Waals surface area (Å²) in [4.78, 5) is 32.1. The van der Waals surface area contributed by atoms with Gasteiger partial charge in [0.25, 0.3) is 0 Å². The second-order valence-electron chi connectivity index (χ2n) is 10.9. The van der Waals surface area contributed by atoms with E-state index in [1.165, 1.54) is 0 Å². The highest BCUT2D eigenvalue weighted by molar-refractivity contribution is 5.75. The molecule has 4 heterocycles. The number of hydrogen-bond donors (Lipinski definition) is 0. The first-order valence-electron chi connectivity index (χ1n) is 15.4. The van der Waals surface area contributed by atoms with Gasteiger partial charge in [0.2, 0.25) is 0 Å². The third-order valence-corrected chi connectivity index (χ3v) is 7.65. The Hall–Kier alpha value is -5.95. The van der Waals surface area contributed by atoms with Gasteiger partial charge in [-0.05, 0) is 74.2 Å².